The highest BCUT2D eigenvalue weighted by atomic mass is 32.2. The van der Waals surface area contributed by atoms with Crippen LogP contribution in [0.5, 0.6) is 11.5 Å². The van der Waals surface area contributed by atoms with E-state index in [-0.39, 0.29) is 22.8 Å². The van der Waals surface area contributed by atoms with Gasteiger partial charge in [-0.1, -0.05) is 32.0 Å². The van der Waals surface area contributed by atoms with Crippen LogP contribution < -0.4 is 9.46 Å². The Balaban J connectivity index is 0.00000127. The molecule has 0 saturated carbocycles. The molecule has 0 radical (unpaired) electrons. The number of rotatable bonds is 5. The molecule has 0 fully saturated rings. The second kappa shape index (κ2) is 9.12. The Labute approximate surface area is 164 Å². The number of nitriles is 1. The van der Waals surface area contributed by atoms with Crippen molar-refractivity contribution in [3.63, 3.8) is 0 Å². The molecule has 0 saturated heterocycles. The van der Waals surface area contributed by atoms with Gasteiger partial charge in [0.15, 0.2) is 0 Å². The monoisotopic (exact) mass is 404 g/mol. The van der Waals surface area contributed by atoms with Gasteiger partial charge in [-0.25, -0.2) is 13.4 Å². The third-order valence-corrected chi connectivity index (χ3v) is 5.32. The summed E-state index contributed by atoms with van der Waals surface area (Å²) in [4.78, 5) is 3.72. The number of para-hydroxylation sites is 1. The van der Waals surface area contributed by atoms with Gasteiger partial charge in [0.1, 0.15) is 23.9 Å². The number of aryl methyl sites for hydroxylation is 1. The average Bonchev–Trinajstić information content (AvgIpc) is 3.17. The van der Waals surface area contributed by atoms with E-state index in [9.17, 15) is 13.7 Å². The number of hydrogen-bond donors (Lipinski definition) is 1. The van der Waals surface area contributed by atoms with Gasteiger partial charge in [0.2, 0.25) is 5.13 Å². The van der Waals surface area contributed by atoms with E-state index in [0.29, 0.717) is 5.75 Å². The fraction of sp³-hybridized carbons (Fsp3) is 0.167. The third-order valence-electron chi connectivity index (χ3n) is 3.28. The Hall–Kier alpha value is -2.96. The van der Waals surface area contributed by atoms with Crippen LogP contribution in [0.1, 0.15) is 26.4 Å². The van der Waals surface area contributed by atoms with Crippen LogP contribution in [0, 0.1) is 18.3 Å². The zero-order valence-corrected chi connectivity index (χ0v) is 16.6. The molecule has 2 aromatic carbocycles. The van der Waals surface area contributed by atoms with Gasteiger partial charge in [0, 0.05) is 13.0 Å². The number of hydrogen-bond acceptors (Lipinski definition) is 7. The molecule has 3 aromatic rings. The summed E-state index contributed by atoms with van der Waals surface area (Å²) in [6.45, 7) is 5.88. The van der Waals surface area contributed by atoms with Crippen molar-refractivity contribution in [1.82, 2.24) is 9.36 Å². The van der Waals surface area contributed by atoms with E-state index in [1.54, 1.807) is 6.07 Å². The lowest BCUT2D eigenvalue weighted by molar-refractivity contribution is 0.477. The minimum Gasteiger partial charge on any atom is -0.456 e. The Morgan fingerprint density at radius 1 is 1.19 bits per heavy atom. The molecule has 0 atom stereocenters. The Bertz CT molecular complexity index is 1050. The molecule has 1 aromatic heterocycles. The van der Waals surface area contributed by atoms with Crippen LogP contribution in [0.3, 0.4) is 0 Å². The van der Waals surface area contributed by atoms with Crippen LogP contribution in [-0.2, 0) is 10.0 Å². The molecule has 142 valence electrons. The van der Waals surface area contributed by atoms with Crippen LogP contribution in [0.4, 0.5) is 5.13 Å². The number of aromatic nitrogens is 2. The molecular weight excluding hydrogens is 384 g/mol. The second-order valence-electron chi connectivity index (χ2n) is 4.99. The lowest BCUT2D eigenvalue weighted by Gasteiger charge is -2.11. The minimum absolute atomic E-state index is 0. The molecule has 1 heterocycles. The standard InChI is InChI=1S/C16H12N4O3S2.C2H6.H2/c1-11-4-2-3-5-14(11)23-15-7-6-13(8-12(15)9-17)25(21,22)20-16-18-10-19-24-16;1-2;/h2-8,10H,1H3,(H,18,19,20);1-2H3;1H. The summed E-state index contributed by atoms with van der Waals surface area (Å²) < 4.78 is 36.5. The van der Waals surface area contributed by atoms with Crippen molar-refractivity contribution in [1.29, 1.82) is 5.26 Å². The van der Waals surface area contributed by atoms with Crippen LogP contribution in [0.25, 0.3) is 0 Å². The van der Waals surface area contributed by atoms with Gasteiger partial charge >= 0.3 is 0 Å². The highest BCUT2D eigenvalue weighted by molar-refractivity contribution is 7.93. The fourth-order valence-electron chi connectivity index (χ4n) is 2.03. The molecule has 0 bridgehead atoms. The summed E-state index contributed by atoms with van der Waals surface area (Å²) in [6, 6.07) is 13.4. The number of nitrogens with one attached hydrogen (secondary N) is 1. The lowest BCUT2D eigenvalue weighted by Crippen LogP contribution is -2.13. The summed E-state index contributed by atoms with van der Waals surface area (Å²) in [6.07, 6.45) is 1.25. The van der Waals surface area contributed by atoms with Gasteiger partial charge in [-0.3, -0.25) is 4.72 Å². The molecule has 7 nitrogen and oxygen atoms in total. The molecule has 0 aliphatic rings. The maximum absolute atomic E-state index is 12.4. The topological polar surface area (TPSA) is 105 Å². The Kier molecular flexibility index (Phi) is 6.87. The van der Waals surface area contributed by atoms with E-state index < -0.39 is 10.0 Å². The molecule has 1 N–H and O–H groups in total. The van der Waals surface area contributed by atoms with Crippen molar-refractivity contribution in [3.8, 4) is 17.6 Å². The first-order valence-corrected chi connectivity index (χ1v) is 10.3. The Morgan fingerprint density at radius 3 is 2.56 bits per heavy atom. The van der Waals surface area contributed by atoms with Crippen LogP contribution >= 0.6 is 11.5 Å². The highest BCUT2D eigenvalue weighted by Crippen LogP contribution is 2.29. The van der Waals surface area contributed by atoms with Crippen molar-refractivity contribution < 1.29 is 14.6 Å². The fourth-order valence-corrected chi connectivity index (χ4v) is 3.72. The first kappa shape index (κ1) is 20.4. The predicted molar refractivity (Wildman–Crippen MR) is 107 cm³/mol. The minimum atomic E-state index is -3.86. The molecule has 0 aliphatic heterocycles. The van der Waals surface area contributed by atoms with Crippen molar-refractivity contribution >= 4 is 26.7 Å². The SMILES string of the molecule is CC.Cc1ccccc1Oc1ccc(S(=O)(=O)Nc2ncns2)cc1C#N.[HH]. The summed E-state index contributed by atoms with van der Waals surface area (Å²) in [5.74, 6) is 0.883. The molecule has 27 heavy (non-hydrogen) atoms. The van der Waals surface area contributed by atoms with Gasteiger partial charge in [-0.2, -0.15) is 9.64 Å². The van der Waals surface area contributed by atoms with E-state index in [1.165, 1.54) is 24.5 Å². The predicted octanol–water partition coefficient (Wildman–Crippen LogP) is 4.58. The van der Waals surface area contributed by atoms with Crippen molar-refractivity contribution in [2.75, 3.05) is 4.72 Å². The van der Waals surface area contributed by atoms with Gasteiger partial charge in [-0.15, -0.1) is 0 Å². The second-order valence-corrected chi connectivity index (χ2v) is 7.45. The summed E-state index contributed by atoms with van der Waals surface area (Å²) in [5, 5.41) is 9.50. The number of sulfonamides is 1. The molecule has 0 unspecified atom stereocenters. The summed E-state index contributed by atoms with van der Waals surface area (Å²) in [7, 11) is -3.86. The molecule has 0 amide bonds. The summed E-state index contributed by atoms with van der Waals surface area (Å²) >= 11 is 0.920. The van der Waals surface area contributed by atoms with Gasteiger partial charge in [0.25, 0.3) is 10.0 Å². The van der Waals surface area contributed by atoms with Crippen molar-refractivity contribution in [2.45, 2.75) is 25.7 Å². The molecule has 9 heteroatoms. The lowest BCUT2D eigenvalue weighted by atomic mass is 10.2. The average molecular weight is 405 g/mol. The van der Waals surface area contributed by atoms with E-state index in [4.69, 9.17) is 4.74 Å². The zero-order chi connectivity index (χ0) is 19.9. The quantitative estimate of drug-likeness (QED) is 0.667. The number of anilines is 1. The van der Waals surface area contributed by atoms with Crippen molar-refractivity contribution in [2.24, 2.45) is 0 Å². The highest BCUT2D eigenvalue weighted by Gasteiger charge is 2.18. The zero-order valence-electron chi connectivity index (χ0n) is 15.0. The van der Waals surface area contributed by atoms with Crippen LogP contribution in [0.15, 0.2) is 53.7 Å². The number of nitrogens with zero attached hydrogens (tertiary/aromatic N) is 3. The first-order valence-electron chi connectivity index (χ1n) is 8.07. The largest absolute Gasteiger partial charge is 0.456 e. The number of benzene rings is 2. The molecule has 0 aliphatic carbocycles. The van der Waals surface area contributed by atoms with E-state index in [1.807, 2.05) is 45.0 Å². The van der Waals surface area contributed by atoms with Gasteiger partial charge in [-0.05, 0) is 36.8 Å². The third kappa shape index (κ3) is 5.03. The summed E-state index contributed by atoms with van der Waals surface area (Å²) in [5.41, 5.74) is 1.02. The number of ether oxygens (including phenoxy) is 1. The van der Waals surface area contributed by atoms with Gasteiger partial charge in [0.05, 0.1) is 10.5 Å². The maximum atomic E-state index is 12.4. The first-order chi connectivity index (χ1) is 13.0. The normalized spacial score (nSPS) is 10.3. The van der Waals surface area contributed by atoms with E-state index in [0.717, 1.165) is 17.1 Å². The van der Waals surface area contributed by atoms with Crippen molar-refractivity contribution in [3.05, 3.63) is 59.9 Å². The molecule has 0 spiro atoms. The van der Waals surface area contributed by atoms with E-state index >= 15 is 0 Å². The van der Waals surface area contributed by atoms with Crippen LogP contribution in [-0.4, -0.2) is 17.8 Å². The van der Waals surface area contributed by atoms with E-state index in [2.05, 4.69) is 14.1 Å². The van der Waals surface area contributed by atoms with Crippen LogP contribution in [0.2, 0.25) is 0 Å². The Morgan fingerprint density at radius 2 is 1.93 bits per heavy atom. The smallest absolute Gasteiger partial charge is 0.263 e. The molecule has 3 rings (SSSR count). The van der Waals surface area contributed by atoms with Gasteiger partial charge < -0.3 is 4.74 Å². The maximum Gasteiger partial charge on any atom is 0.263 e. The molecular formula is C18H20N4O3S2.